The highest BCUT2D eigenvalue weighted by molar-refractivity contribution is 7.84. The molecule has 1 rings (SSSR count). The average molecular weight is 220 g/mol. The molecule has 0 radical (unpaired) electrons. The van der Waals surface area contributed by atoms with E-state index >= 15 is 0 Å². The van der Waals surface area contributed by atoms with E-state index in [9.17, 15) is 4.21 Å². The largest absolute Gasteiger partial charge is 0.368 e. The molecule has 0 saturated carbocycles. The third-order valence-corrected chi connectivity index (χ3v) is 2.78. The van der Waals surface area contributed by atoms with Crippen LogP contribution in [-0.2, 0) is 17.3 Å². The highest BCUT2D eigenvalue weighted by atomic mass is 32.2. The van der Waals surface area contributed by atoms with Gasteiger partial charge in [0.1, 0.15) is 0 Å². The van der Waals surface area contributed by atoms with Gasteiger partial charge in [0.25, 0.3) is 0 Å². The third kappa shape index (κ3) is 2.92. The number of H-pyrrole nitrogens is 1. The Morgan fingerprint density at radius 3 is 2.92 bits per heavy atom. The van der Waals surface area contributed by atoms with Crippen molar-refractivity contribution < 1.29 is 4.21 Å². The van der Waals surface area contributed by atoms with Gasteiger partial charge in [0.15, 0.2) is 4.77 Å². The lowest BCUT2D eigenvalue weighted by Gasteiger charge is -2.01. The summed E-state index contributed by atoms with van der Waals surface area (Å²) in [6.45, 7) is 0.667. The van der Waals surface area contributed by atoms with E-state index in [1.165, 1.54) is 0 Å². The molecule has 1 heterocycles. The maximum absolute atomic E-state index is 10.8. The Balaban J connectivity index is 2.54. The standard InChI is InChI=1S/C6H12N4OS2/c1-13(11)4-2-3-10-5(7)8-9-6(10)12/h2-4H2,1H3,(H2,7,8)(H,9,12). The summed E-state index contributed by atoms with van der Waals surface area (Å²) in [6.07, 6.45) is 2.47. The predicted molar refractivity (Wildman–Crippen MR) is 55.4 cm³/mol. The molecule has 5 nitrogen and oxygen atoms in total. The van der Waals surface area contributed by atoms with Crippen molar-refractivity contribution in [2.24, 2.45) is 0 Å². The Morgan fingerprint density at radius 1 is 1.77 bits per heavy atom. The number of rotatable bonds is 4. The fourth-order valence-electron chi connectivity index (χ4n) is 0.972. The van der Waals surface area contributed by atoms with Crippen LogP contribution in [0.15, 0.2) is 0 Å². The fraction of sp³-hybridized carbons (Fsp3) is 0.667. The Kier molecular flexibility index (Phi) is 3.61. The Bertz CT molecular complexity index is 356. The molecule has 74 valence electrons. The molecule has 1 unspecified atom stereocenters. The number of aromatic amines is 1. The van der Waals surface area contributed by atoms with Crippen molar-refractivity contribution in [3.05, 3.63) is 4.77 Å². The topological polar surface area (TPSA) is 76.7 Å². The number of hydrogen-bond acceptors (Lipinski definition) is 4. The van der Waals surface area contributed by atoms with Crippen molar-refractivity contribution in [2.45, 2.75) is 13.0 Å². The van der Waals surface area contributed by atoms with Gasteiger partial charge in [-0.3, -0.25) is 8.78 Å². The van der Waals surface area contributed by atoms with Gasteiger partial charge in [-0.25, -0.2) is 5.10 Å². The van der Waals surface area contributed by atoms with Crippen LogP contribution in [0, 0.1) is 4.77 Å². The number of anilines is 1. The molecule has 0 aliphatic carbocycles. The van der Waals surface area contributed by atoms with Gasteiger partial charge in [-0.15, -0.1) is 5.10 Å². The highest BCUT2D eigenvalue weighted by Gasteiger charge is 2.01. The average Bonchev–Trinajstić information content (AvgIpc) is 2.34. The first-order valence-electron chi connectivity index (χ1n) is 3.82. The number of nitrogens with zero attached hydrogens (tertiary/aromatic N) is 2. The molecular formula is C6H12N4OS2. The van der Waals surface area contributed by atoms with Gasteiger partial charge in [-0.1, -0.05) is 0 Å². The maximum Gasteiger partial charge on any atom is 0.220 e. The lowest BCUT2D eigenvalue weighted by Crippen LogP contribution is -2.06. The Morgan fingerprint density at radius 2 is 2.46 bits per heavy atom. The minimum atomic E-state index is -0.759. The maximum atomic E-state index is 10.8. The first-order chi connectivity index (χ1) is 6.11. The van der Waals surface area contributed by atoms with E-state index in [1.54, 1.807) is 10.8 Å². The molecule has 0 amide bonds. The van der Waals surface area contributed by atoms with E-state index in [1.807, 2.05) is 0 Å². The number of nitrogens with two attached hydrogens (primary N) is 1. The van der Waals surface area contributed by atoms with Crippen molar-refractivity contribution in [2.75, 3.05) is 17.7 Å². The van der Waals surface area contributed by atoms with Crippen molar-refractivity contribution in [1.82, 2.24) is 14.8 Å². The number of nitrogen functional groups attached to an aromatic ring is 1. The molecule has 13 heavy (non-hydrogen) atoms. The van der Waals surface area contributed by atoms with Crippen molar-refractivity contribution in [1.29, 1.82) is 0 Å². The zero-order valence-electron chi connectivity index (χ0n) is 7.32. The van der Waals surface area contributed by atoms with Crippen LogP contribution in [0.25, 0.3) is 0 Å². The summed E-state index contributed by atoms with van der Waals surface area (Å²) >= 11 is 4.94. The second-order valence-electron chi connectivity index (χ2n) is 2.67. The predicted octanol–water partition coefficient (Wildman–Crippen LogP) is 0.291. The van der Waals surface area contributed by atoms with Gasteiger partial charge in [0.2, 0.25) is 5.95 Å². The number of nitrogens with one attached hydrogen (secondary N) is 1. The van der Waals surface area contributed by atoms with E-state index < -0.39 is 10.8 Å². The quantitative estimate of drug-likeness (QED) is 0.715. The first kappa shape index (κ1) is 10.4. The van der Waals surface area contributed by atoms with Crippen LogP contribution in [0.4, 0.5) is 5.95 Å². The molecule has 0 saturated heterocycles. The van der Waals surface area contributed by atoms with E-state index in [4.69, 9.17) is 18.0 Å². The fourth-order valence-corrected chi connectivity index (χ4v) is 1.74. The highest BCUT2D eigenvalue weighted by Crippen LogP contribution is 2.00. The molecule has 1 aromatic rings. The summed E-state index contributed by atoms with van der Waals surface area (Å²) in [6, 6.07) is 0. The number of hydrogen-bond donors (Lipinski definition) is 2. The summed E-state index contributed by atoms with van der Waals surface area (Å²) < 4.78 is 13.0. The van der Waals surface area contributed by atoms with Crippen LogP contribution < -0.4 is 5.73 Å². The molecule has 0 fully saturated rings. The van der Waals surface area contributed by atoms with E-state index in [0.717, 1.165) is 6.42 Å². The molecule has 1 atom stereocenters. The minimum absolute atomic E-state index is 0.381. The smallest absolute Gasteiger partial charge is 0.220 e. The van der Waals surface area contributed by atoms with E-state index in [-0.39, 0.29) is 0 Å². The monoisotopic (exact) mass is 220 g/mol. The summed E-state index contributed by atoms with van der Waals surface area (Å²) in [5.41, 5.74) is 5.54. The van der Waals surface area contributed by atoms with Gasteiger partial charge < -0.3 is 5.73 Å². The van der Waals surface area contributed by atoms with E-state index in [2.05, 4.69) is 10.2 Å². The molecule has 7 heteroatoms. The molecule has 0 spiro atoms. The molecule has 0 bridgehead atoms. The lowest BCUT2D eigenvalue weighted by atomic mass is 10.5. The van der Waals surface area contributed by atoms with Gasteiger partial charge >= 0.3 is 0 Å². The van der Waals surface area contributed by atoms with Crippen molar-refractivity contribution >= 4 is 29.0 Å². The van der Waals surface area contributed by atoms with Crippen LogP contribution in [0.3, 0.4) is 0 Å². The van der Waals surface area contributed by atoms with Gasteiger partial charge in [-0.2, -0.15) is 0 Å². The van der Waals surface area contributed by atoms with Crippen LogP contribution in [0.1, 0.15) is 6.42 Å². The van der Waals surface area contributed by atoms with Crippen LogP contribution in [-0.4, -0.2) is 31.0 Å². The number of aromatic nitrogens is 3. The van der Waals surface area contributed by atoms with Crippen molar-refractivity contribution in [3.63, 3.8) is 0 Å². The SMILES string of the molecule is CS(=O)CCCn1c(N)n[nH]c1=S. The molecule has 1 aromatic heterocycles. The molecule has 0 aromatic carbocycles. The zero-order valence-corrected chi connectivity index (χ0v) is 8.95. The third-order valence-electron chi connectivity index (χ3n) is 1.60. The normalized spacial score (nSPS) is 13.0. The lowest BCUT2D eigenvalue weighted by molar-refractivity contribution is 0.660. The Hall–Kier alpha value is -0.690. The summed E-state index contributed by atoms with van der Waals surface area (Å²) in [7, 11) is -0.759. The minimum Gasteiger partial charge on any atom is -0.368 e. The van der Waals surface area contributed by atoms with Gasteiger partial charge in [0.05, 0.1) is 0 Å². The first-order valence-corrected chi connectivity index (χ1v) is 5.95. The van der Waals surface area contributed by atoms with Crippen LogP contribution >= 0.6 is 12.2 Å². The van der Waals surface area contributed by atoms with Crippen molar-refractivity contribution in [3.8, 4) is 0 Å². The summed E-state index contributed by atoms with van der Waals surface area (Å²) in [5.74, 6) is 1.04. The summed E-state index contributed by atoms with van der Waals surface area (Å²) in [4.78, 5) is 0. The van der Waals surface area contributed by atoms with Gasteiger partial charge in [-0.05, 0) is 18.6 Å². The second-order valence-corrected chi connectivity index (χ2v) is 4.61. The molecule has 0 aliphatic rings. The van der Waals surface area contributed by atoms with E-state index in [0.29, 0.717) is 23.0 Å². The van der Waals surface area contributed by atoms with Crippen LogP contribution in [0.5, 0.6) is 0 Å². The summed E-state index contributed by atoms with van der Waals surface area (Å²) in [5, 5.41) is 6.35. The van der Waals surface area contributed by atoms with Crippen LogP contribution in [0.2, 0.25) is 0 Å². The molecule has 3 N–H and O–H groups in total. The zero-order chi connectivity index (χ0) is 9.84. The molecular weight excluding hydrogens is 208 g/mol. The molecule has 0 aliphatic heterocycles. The van der Waals surface area contributed by atoms with Gasteiger partial charge in [0, 0.05) is 29.4 Å². The Labute approximate surface area is 83.8 Å². The second kappa shape index (κ2) is 4.52.